The van der Waals surface area contributed by atoms with E-state index in [9.17, 15) is 10.1 Å². The summed E-state index contributed by atoms with van der Waals surface area (Å²) < 4.78 is 11.1. The van der Waals surface area contributed by atoms with Crippen LogP contribution in [0.25, 0.3) is 17.3 Å². The highest BCUT2D eigenvalue weighted by molar-refractivity contribution is 7.14. The van der Waals surface area contributed by atoms with Crippen molar-refractivity contribution in [2.75, 3.05) is 19.0 Å². The number of carbonyl (C=O) groups is 1. The number of hydrogen-bond acceptors (Lipinski definition) is 6. The molecule has 7 heteroatoms. The summed E-state index contributed by atoms with van der Waals surface area (Å²) >= 11 is 1.28. The number of nitrogens with zero attached hydrogens (tertiary/aromatic N) is 2. The van der Waals surface area contributed by atoms with E-state index in [0.29, 0.717) is 34.5 Å². The SMILES string of the molecule is CCCOc1ccccc1/C=C(\C#N)C(=O)Nc1nc(-c2ccccc2OC)cs1. The van der Waals surface area contributed by atoms with Gasteiger partial charge in [-0.2, -0.15) is 5.26 Å². The molecule has 0 bridgehead atoms. The van der Waals surface area contributed by atoms with Crippen molar-refractivity contribution in [1.82, 2.24) is 4.98 Å². The predicted octanol–water partition coefficient (Wildman–Crippen LogP) is 5.15. The van der Waals surface area contributed by atoms with Gasteiger partial charge in [-0.15, -0.1) is 11.3 Å². The summed E-state index contributed by atoms with van der Waals surface area (Å²) in [5, 5.41) is 14.4. The van der Waals surface area contributed by atoms with E-state index in [1.54, 1.807) is 13.2 Å². The van der Waals surface area contributed by atoms with E-state index in [4.69, 9.17) is 9.47 Å². The molecule has 0 saturated heterocycles. The molecule has 0 aliphatic rings. The molecule has 0 aliphatic carbocycles. The Morgan fingerprint density at radius 3 is 2.67 bits per heavy atom. The maximum Gasteiger partial charge on any atom is 0.268 e. The van der Waals surface area contributed by atoms with Crippen LogP contribution in [0.15, 0.2) is 59.5 Å². The maximum atomic E-state index is 12.6. The van der Waals surface area contributed by atoms with Gasteiger partial charge in [-0.3, -0.25) is 10.1 Å². The van der Waals surface area contributed by atoms with Crippen LogP contribution in [0.2, 0.25) is 0 Å². The summed E-state index contributed by atoms with van der Waals surface area (Å²) in [6, 6.07) is 16.8. The Morgan fingerprint density at radius 1 is 1.20 bits per heavy atom. The first-order chi connectivity index (χ1) is 14.7. The Labute approximate surface area is 179 Å². The number of nitrogens with one attached hydrogen (secondary N) is 1. The molecule has 6 nitrogen and oxygen atoms in total. The van der Waals surface area contributed by atoms with Crippen LogP contribution in [0.4, 0.5) is 5.13 Å². The van der Waals surface area contributed by atoms with E-state index < -0.39 is 5.91 Å². The summed E-state index contributed by atoms with van der Waals surface area (Å²) in [6.45, 7) is 2.57. The van der Waals surface area contributed by atoms with Crippen LogP contribution in [0.5, 0.6) is 11.5 Å². The molecule has 30 heavy (non-hydrogen) atoms. The second-order valence-corrected chi connectivity index (χ2v) is 7.11. The van der Waals surface area contributed by atoms with Crippen molar-refractivity contribution in [3.8, 4) is 28.8 Å². The highest BCUT2D eigenvalue weighted by Crippen LogP contribution is 2.32. The molecule has 1 aromatic heterocycles. The molecule has 3 aromatic rings. The van der Waals surface area contributed by atoms with E-state index in [-0.39, 0.29) is 5.57 Å². The van der Waals surface area contributed by atoms with Crippen LogP contribution in [0.1, 0.15) is 18.9 Å². The van der Waals surface area contributed by atoms with E-state index in [2.05, 4.69) is 10.3 Å². The number of thiazole rings is 1. The first kappa shape index (κ1) is 21.1. The number of methoxy groups -OCH3 is 1. The highest BCUT2D eigenvalue weighted by Gasteiger charge is 2.15. The van der Waals surface area contributed by atoms with Gasteiger partial charge in [0.2, 0.25) is 0 Å². The summed E-state index contributed by atoms with van der Waals surface area (Å²) in [6.07, 6.45) is 2.39. The molecule has 1 N–H and O–H groups in total. The number of amides is 1. The smallest absolute Gasteiger partial charge is 0.268 e. The number of carbonyl (C=O) groups excluding carboxylic acids is 1. The van der Waals surface area contributed by atoms with E-state index in [0.717, 1.165) is 12.0 Å². The molecule has 2 aromatic carbocycles. The zero-order valence-corrected chi connectivity index (χ0v) is 17.5. The molecule has 1 amide bonds. The number of aromatic nitrogens is 1. The van der Waals surface area contributed by atoms with Gasteiger partial charge >= 0.3 is 0 Å². The Hall–Kier alpha value is -3.63. The number of anilines is 1. The Kier molecular flexibility index (Phi) is 7.19. The standard InChI is InChI=1S/C23H21N3O3S/c1-3-12-29-20-10-6-4-8-16(20)13-17(14-24)22(27)26-23-25-19(15-30-23)18-9-5-7-11-21(18)28-2/h4-11,13,15H,3,12H2,1-2H3,(H,25,26,27)/b17-13+. The first-order valence-electron chi connectivity index (χ1n) is 9.40. The molecule has 0 atom stereocenters. The minimum Gasteiger partial charge on any atom is -0.496 e. The van der Waals surface area contributed by atoms with Gasteiger partial charge < -0.3 is 9.47 Å². The lowest BCUT2D eigenvalue weighted by molar-refractivity contribution is -0.112. The lowest BCUT2D eigenvalue weighted by Gasteiger charge is -2.08. The van der Waals surface area contributed by atoms with Crippen molar-refractivity contribution in [3.05, 3.63) is 65.0 Å². The predicted molar refractivity (Wildman–Crippen MR) is 119 cm³/mol. The van der Waals surface area contributed by atoms with Gasteiger partial charge in [-0.25, -0.2) is 4.98 Å². The third-order valence-electron chi connectivity index (χ3n) is 4.15. The minimum atomic E-state index is -0.524. The van der Waals surface area contributed by atoms with Gasteiger partial charge in [0.05, 0.1) is 19.4 Å². The lowest BCUT2D eigenvalue weighted by Crippen LogP contribution is -2.13. The minimum absolute atomic E-state index is 0.0309. The summed E-state index contributed by atoms with van der Waals surface area (Å²) in [5.41, 5.74) is 2.16. The lowest BCUT2D eigenvalue weighted by atomic mass is 10.1. The van der Waals surface area contributed by atoms with Crippen molar-refractivity contribution in [2.45, 2.75) is 13.3 Å². The van der Waals surface area contributed by atoms with Gasteiger partial charge in [-0.1, -0.05) is 37.3 Å². The van der Waals surface area contributed by atoms with Crippen molar-refractivity contribution in [1.29, 1.82) is 5.26 Å². The van der Waals surface area contributed by atoms with Crippen LogP contribution in [-0.2, 0) is 4.79 Å². The first-order valence-corrected chi connectivity index (χ1v) is 10.3. The number of nitriles is 1. The Morgan fingerprint density at radius 2 is 1.93 bits per heavy atom. The van der Waals surface area contributed by atoms with Crippen molar-refractivity contribution < 1.29 is 14.3 Å². The average Bonchev–Trinajstić information content (AvgIpc) is 3.24. The number of ether oxygens (including phenoxy) is 2. The molecular formula is C23H21N3O3S. The number of benzene rings is 2. The molecule has 0 aliphatic heterocycles. The second kappa shape index (κ2) is 10.2. The fourth-order valence-corrected chi connectivity index (χ4v) is 3.43. The zero-order valence-electron chi connectivity index (χ0n) is 16.7. The third-order valence-corrected chi connectivity index (χ3v) is 4.91. The molecule has 3 rings (SSSR count). The van der Waals surface area contributed by atoms with Crippen molar-refractivity contribution >= 4 is 28.5 Å². The van der Waals surface area contributed by atoms with Gasteiger partial charge in [0, 0.05) is 16.5 Å². The van der Waals surface area contributed by atoms with E-state index in [1.807, 2.05) is 60.8 Å². The highest BCUT2D eigenvalue weighted by atomic mass is 32.1. The summed E-state index contributed by atoms with van der Waals surface area (Å²) in [4.78, 5) is 17.1. The van der Waals surface area contributed by atoms with E-state index >= 15 is 0 Å². The third kappa shape index (κ3) is 5.04. The quantitative estimate of drug-likeness (QED) is 0.403. The molecule has 152 valence electrons. The molecule has 1 heterocycles. The van der Waals surface area contributed by atoms with Gasteiger partial charge in [0.25, 0.3) is 5.91 Å². The van der Waals surface area contributed by atoms with Gasteiger partial charge in [-0.05, 0) is 30.7 Å². The Bertz CT molecular complexity index is 1100. The van der Waals surface area contributed by atoms with Crippen LogP contribution < -0.4 is 14.8 Å². The molecular weight excluding hydrogens is 398 g/mol. The summed E-state index contributed by atoms with van der Waals surface area (Å²) in [5.74, 6) is 0.804. The normalized spacial score (nSPS) is 10.9. The average molecular weight is 420 g/mol. The van der Waals surface area contributed by atoms with E-state index in [1.165, 1.54) is 17.4 Å². The number of rotatable bonds is 8. The fraction of sp³-hybridized carbons (Fsp3) is 0.174. The molecule has 0 unspecified atom stereocenters. The van der Waals surface area contributed by atoms with Crippen LogP contribution in [-0.4, -0.2) is 24.6 Å². The van der Waals surface area contributed by atoms with Crippen LogP contribution in [0.3, 0.4) is 0 Å². The van der Waals surface area contributed by atoms with Crippen molar-refractivity contribution in [2.24, 2.45) is 0 Å². The molecule has 0 radical (unpaired) electrons. The largest absolute Gasteiger partial charge is 0.496 e. The number of para-hydroxylation sites is 2. The Balaban J connectivity index is 1.79. The summed E-state index contributed by atoms with van der Waals surface area (Å²) in [7, 11) is 1.60. The topological polar surface area (TPSA) is 84.2 Å². The van der Waals surface area contributed by atoms with Crippen LogP contribution >= 0.6 is 11.3 Å². The van der Waals surface area contributed by atoms with Gasteiger partial charge in [0.1, 0.15) is 23.1 Å². The van der Waals surface area contributed by atoms with Crippen molar-refractivity contribution in [3.63, 3.8) is 0 Å². The monoisotopic (exact) mass is 419 g/mol. The van der Waals surface area contributed by atoms with Gasteiger partial charge in [0.15, 0.2) is 5.13 Å². The fourth-order valence-electron chi connectivity index (χ4n) is 2.72. The molecule has 0 spiro atoms. The van der Waals surface area contributed by atoms with Crippen LogP contribution in [0, 0.1) is 11.3 Å². The zero-order chi connectivity index (χ0) is 21.3. The second-order valence-electron chi connectivity index (χ2n) is 6.25. The molecule has 0 saturated carbocycles. The molecule has 0 fully saturated rings. The number of hydrogen-bond donors (Lipinski definition) is 1. The maximum absolute atomic E-state index is 12.6.